The SMILES string of the molecule is Cc1cc(Cl)cnc1C1CCNC1. The predicted molar refractivity (Wildman–Crippen MR) is 54.2 cm³/mol. The zero-order chi connectivity index (χ0) is 9.26. The van der Waals surface area contributed by atoms with Crippen LogP contribution >= 0.6 is 11.6 Å². The smallest absolute Gasteiger partial charge is 0.0592 e. The van der Waals surface area contributed by atoms with E-state index in [0.29, 0.717) is 5.92 Å². The molecule has 2 heterocycles. The first-order valence-electron chi connectivity index (χ1n) is 4.60. The molecule has 0 aliphatic carbocycles. The van der Waals surface area contributed by atoms with Crippen LogP contribution in [0.1, 0.15) is 23.6 Å². The monoisotopic (exact) mass is 196 g/mol. The molecular weight excluding hydrogens is 184 g/mol. The molecule has 3 heteroatoms. The minimum absolute atomic E-state index is 0.581. The molecule has 2 rings (SSSR count). The normalized spacial score (nSPS) is 22.2. The second-order valence-corrected chi connectivity index (χ2v) is 3.98. The fourth-order valence-electron chi connectivity index (χ4n) is 1.87. The highest BCUT2D eigenvalue weighted by Crippen LogP contribution is 2.24. The van der Waals surface area contributed by atoms with Gasteiger partial charge in [-0.25, -0.2) is 0 Å². The molecule has 1 atom stereocenters. The number of halogens is 1. The minimum Gasteiger partial charge on any atom is -0.316 e. The maximum absolute atomic E-state index is 5.85. The second kappa shape index (κ2) is 3.64. The summed E-state index contributed by atoms with van der Waals surface area (Å²) in [7, 11) is 0. The topological polar surface area (TPSA) is 24.9 Å². The fourth-order valence-corrected chi connectivity index (χ4v) is 2.08. The third-order valence-electron chi connectivity index (χ3n) is 2.53. The molecule has 1 aliphatic heterocycles. The molecular formula is C10H13ClN2. The van der Waals surface area contributed by atoms with Gasteiger partial charge in [0.25, 0.3) is 0 Å². The number of rotatable bonds is 1. The van der Waals surface area contributed by atoms with E-state index in [2.05, 4.69) is 17.2 Å². The van der Waals surface area contributed by atoms with E-state index in [-0.39, 0.29) is 0 Å². The Morgan fingerprint density at radius 1 is 1.62 bits per heavy atom. The van der Waals surface area contributed by atoms with Crippen LogP contribution in [0.2, 0.25) is 5.02 Å². The van der Waals surface area contributed by atoms with Crippen molar-refractivity contribution in [3.63, 3.8) is 0 Å². The Balaban J connectivity index is 2.29. The Morgan fingerprint density at radius 2 is 2.46 bits per heavy atom. The first kappa shape index (κ1) is 8.97. The van der Waals surface area contributed by atoms with Gasteiger partial charge in [-0.05, 0) is 31.5 Å². The molecule has 0 bridgehead atoms. The molecule has 1 aliphatic rings. The number of nitrogens with one attached hydrogen (secondary N) is 1. The van der Waals surface area contributed by atoms with E-state index in [4.69, 9.17) is 11.6 Å². The Kier molecular flexibility index (Phi) is 2.51. The van der Waals surface area contributed by atoms with Crippen molar-refractivity contribution < 1.29 is 0 Å². The number of nitrogens with zero attached hydrogens (tertiary/aromatic N) is 1. The summed E-state index contributed by atoms with van der Waals surface area (Å²) >= 11 is 5.85. The molecule has 1 N–H and O–H groups in total. The van der Waals surface area contributed by atoms with Crippen LogP contribution in [-0.4, -0.2) is 18.1 Å². The molecule has 0 aromatic carbocycles. The van der Waals surface area contributed by atoms with Gasteiger partial charge in [-0.2, -0.15) is 0 Å². The lowest BCUT2D eigenvalue weighted by atomic mass is 10.0. The van der Waals surface area contributed by atoms with Crippen LogP contribution in [0.5, 0.6) is 0 Å². The summed E-state index contributed by atoms with van der Waals surface area (Å²) in [6.07, 6.45) is 2.93. The van der Waals surface area contributed by atoms with Gasteiger partial charge in [-0.15, -0.1) is 0 Å². The molecule has 1 aromatic heterocycles. The lowest BCUT2D eigenvalue weighted by Crippen LogP contribution is -2.09. The van der Waals surface area contributed by atoms with Gasteiger partial charge < -0.3 is 5.32 Å². The van der Waals surface area contributed by atoms with Crippen LogP contribution in [-0.2, 0) is 0 Å². The maximum atomic E-state index is 5.85. The quantitative estimate of drug-likeness (QED) is 0.745. The Labute approximate surface area is 83.3 Å². The first-order chi connectivity index (χ1) is 6.27. The molecule has 2 nitrogen and oxygen atoms in total. The predicted octanol–water partition coefficient (Wildman–Crippen LogP) is 2.12. The van der Waals surface area contributed by atoms with Crippen LogP contribution in [0.25, 0.3) is 0 Å². The maximum Gasteiger partial charge on any atom is 0.0592 e. The van der Waals surface area contributed by atoms with Crippen molar-refractivity contribution in [2.24, 2.45) is 0 Å². The highest BCUT2D eigenvalue weighted by molar-refractivity contribution is 6.30. The van der Waals surface area contributed by atoms with Crippen LogP contribution in [0.15, 0.2) is 12.3 Å². The van der Waals surface area contributed by atoms with Crippen LogP contribution in [0.4, 0.5) is 0 Å². The highest BCUT2D eigenvalue weighted by atomic mass is 35.5. The van der Waals surface area contributed by atoms with Gasteiger partial charge in [-0.1, -0.05) is 11.6 Å². The van der Waals surface area contributed by atoms with Gasteiger partial charge in [0.15, 0.2) is 0 Å². The van der Waals surface area contributed by atoms with Gasteiger partial charge in [0.05, 0.1) is 5.02 Å². The average molecular weight is 197 g/mol. The summed E-state index contributed by atoms with van der Waals surface area (Å²) < 4.78 is 0. The molecule has 1 saturated heterocycles. The zero-order valence-electron chi connectivity index (χ0n) is 7.68. The van der Waals surface area contributed by atoms with E-state index in [1.54, 1.807) is 6.20 Å². The lowest BCUT2D eigenvalue weighted by Gasteiger charge is -2.10. The number of hydrogen-bond acceptors (Lipinski definition) is 2. The number of hydrogen-bond donors (Lipinski definition) is 1. The van der Waals surface area contributed by atoms with E-state index in [1.807, 2.05) is 6.07 Å². The Hall–Kier alpha value is -0.600. The summed E-state index contributed by atoms with van der Waals surface area (Å²) in [5.74, 6) is 0.581. The van der Waals surface area contributed by atoms with Gasteiger partial charge >= 0.3 is 0 Å². The standard InChI is InChI=1S/C10H13ClN2/c1-7-4-9(11)6-13-10(7)8-2-3-12-5-8/h4,6,8,12H,2-3,5H2,1H3. The largest absolute Gasteiger partial charge is 0.316 e. The molecule has 0 saturated carbocycles. The summed E-state index contributed by atoms with van der Waals surface area (Å²) in [5.41, 5.74) is 2.41. The van der Waals surface area contributed by atoms with E-state index in [1.165, 1.54) is 17.7 Å². The third-order valence-corrected chi connectivity index (χ3v) is 2.74. The van der Waals surface area contributed by atoms with Crippen LogP contribution < -0.4 is 5.32 Å². The van der Waals surface area contributed by atoms with Crippen molar-refractivity contribution in [3.05, 3.63) is 28.5 Å². The average Bonchev–Trinajstić information content (AvgIpc) is 2.56. The van der Waals surface area contributed by atoms with Gasteiger partial charge in [0.2, 0.25) is 0 Å². The van der Waals surface area contributed by atoms with E-state index < -0.39 is 0 Å². The Bertz CT molecular complexity index is 306. The van der Waals surface area contributed by atoms with E-state index in [0.717, 1.165) is 18.1 Å². The van der Waals surface area contributed by atoms with Crippen molar-refractivity contribution in [3.8, 4) is 0 Å². The van der Waals surface area contributed by atoms with Crippen molar-refractivity contribution >= 4 is 11.6 Å². The van der Waals surface area contributed by atoms with Crippen LogP contribution in [0.3, 0.4) is 0 Å². The third kappa shape index (κ3) is 1.84. The van der Waals surface area contributed by atoms with E-state index >= 15 is 0 Å². The second-order valence-electron chi connectivity index (χ2n) is 3.55. The van der Waals surface area contributed by atoms with Crippen LogP contribution in [0, 0.1) is 6.92 Å². The first-order valence-corrected chi connectivity index (χ1v) is 4.98. The van der Waals surface area contributed by atoms with Gasteiger partial charge in [0.1, 0.15) is 0 Å². The number of pyridine rings is 1. The highest BCUT2D eigenvalue weighted by Gasteiger charge is 2.19. The number of aryl methyl sites for hydroxylation is 1. The van der Waals surface area contributed by atoms with Crippen molar-refractivity contribution in [2.45, 2.75) is 19.3 Å². The molecule has 13 heavy (non-hydrogen) atoms. The zero-order valence-corrected chi connectivity index (χ0v) is 8.43. The minimum atomic E-state index is 0.581. The summed E-state index contributed by atoms with van der Waals surface area (Å²) in [6, 6.07) is 1.99. The molecule has 1 aromatic rings. The fraction of sp³-hybridized carbons (Fsp3) is 0.500. The summed E-state index contributed by atoms with van der Waals surface area (Å²) in [4.78, 5) is 4.39. The molecule has 0 spiro atoms. The van der Waals surface area contributed by atoms with E-state index in [9.17, 15) is 0 Å². The van der Waals surface area contributed by atoms with Gasteiger partial charge in [0, 0.05) is 24.4 Å². The Morgan fingerprint density at radius 3 is 3.08 bits per heavy atom. The van der Waals surface area contributed by atoms with Crippen molar-refractivity contribution in [2.75, 3.05) is 13.1 Å². The van der Waals surface area contributed by atoms with Crippen molar-refractivity contribution in [1.29, 1.82) is 0 Å². The lowest BCUT2D eigenvalue weighted by molar-refractivity contribution is 0.728. The summed E-state index contributed by atoms with van der Waals surface area (Å²) in [5, 5.41) is 4.07. The molecule has 70 valence electrons. The summed E-state index contributed by atoms with van der Waals surface area (Å²) in [6.45, 7) is 4.23. The number of aromatic nitrogens is 1. The molecule has 0 amide bonds. The molecule has 1 fully saturated rings. The molecule has 0 radical (unpaired) electrons. The van der Waals surface area contributed by atoms with Gasteiger partial charge in [-0.3, -0.25) is 4.98 Å². The van der Waals surface area contributed by atoms with Crippen molar-refractivity contribution in [1.82, 2.24) is 10.3 Å². The molecule has 1 unspecified atom stereocenters.